The lowest BCUT2D eigenvalue weighted by molar-refractivity contribution is -0.698. The van der Waals surface area contributed by atoms with E-state index in [-0.39, 0.29) is 34.0 Å². The van der Waals surface area contributed by atoms with Gasteiger partial charge in [0, 0.05) is 37.1 Å². The summed E-state index contributed by atoms with van der Waals surface area (Å²) in [6.07, 6.45) is 13.7. The average molecular weight is 402 g/mol. The highest BCUT2D eigenvalue weighted by Crippen LogP contribution is 1.99. The molecule has 0 N–H and O–H groups in total. The summed E-state index contributed by atoms with van der Waals surface area (Å²) in [4.78, 5) is 0. The Morgan fingerprint density at radius 1 is 0.450 bits per heavy atom. The van der Waals surface area contributed by atoms with Crippen molar-refractivity contribution in [2.75, 3.05) is 0 Å². The molecule has 0 aromatic carbocycles. The zero-order chi connectivity index (χ0) is 12.5. The minimum Gasteiger partial charge on any atom is -1.00 e. The van der Waals surface area contributed by atoms with E-state index in [9.17, 15) is 0 Å². The largest absolute Gasteiger partial charge is 1.00 e. The van der Waals surface area contributed by atoms with Crippen molar-refractivity contribution in [1.29, 1.82) is 0 Å². The number of hydrogen-bond acceptors (Lipinski definition) is 0. The molecule has 0 aliphatic rings. The predicted octanol–water partition coefficient (Wildman–Crippen LogP) is -3.47. The molecule has 0 amide bonds. The van der Waals surface area contributed by atoms with Crippen molar-refractivity contribution in [2.24, 2.45) is 0 Å². The quantitative estimate of drug-likeness (QED) is 0.336. The number of nitrogens with zero attached hydrogens (tertiary/aromatic N) is 2. The topological polar surface area (TPSA) is 7.76 Å². The van der Waals surface area contributed by atoms with Crippen molar-refractivity contribution >= 4 is 0 Å². The maximum Gasteiger partial charge on any atom is 0.168 e. The summed E-state index contributed by atoms with van der Waals surface area (Å²) in [5.41, 5.74) is 0. The van der Waals surface area contributed by atoms with Gasteiger partial charge in [-0.25, -0.2) is 9.13 Å². The molecule has 2 aromatic rings. The van der Waals surface area contributed by atoms with Crippen molar-refractivity contribution in [3.05, 3.63) is 61.2 Å². The molecule has 0 radical (unpaired) electrons. The van der Waals surface area contributed by atoms with Gasteiger partial charge >= 0.3 is 0 Å². The van der Waals surface area contributed by atoms with E-state index in [0.29, 0.717) is 0 Å². The Bertz CT molecular complexity index is 391. The van der Waals surface area contributed by atoms with Crippen molar-refractivity contribution in [2.45, 2.75) is 38.8 Å². The third-order valence-corrected chi connectivity index (χ3v) is 3.14. The zero-order valence-corrected chi connectivity index (χ0v) is 14.8. The number of pyridine rings is 2. The maximum absolute atomic E-state index is 2.26. The molecular formula is C16H22Br2N2. The van der Waals surface area contributed by atoms with Crippen LogP contribution in [-0.2, 0) is 13.1 Å². The molecule has 0 aliphatic heterocycles. The Morgan fingerprint density at radius 2 is 0.800 bits per heavy atom. The highest BCUT2D eigenvalue weighted by molar-refractivity contribution is 4.84. The molecule has 110 valence electrons. The Morgan fingerprint density at radius 3 is 1.15 bits per heavy atom. The first kappa shape index (κ1) is 19.3. The summed E-state index contributed by atoms with van der Waals surface area (Å²) < 4.78 is 4.51. The lowest BCUT2D eigenvalue weighted by atomic mass is 10.2. The summed E-state index contributed by atoms with van der Waals surface area (Å²) in [5, 5.41) is 0. The van der Waals surface area contributed by atoms with E-state index in [1.807, 2.05) is 0 Å². The lowest BCUT2D eigenvalue weighted by Crippen LogP contribution is -3.00. The minimum atomic E-state index is 0. The first-order chi connectivity index (χ1) is 8.95. The fraction of sp³-hybridized carbons (Fsp3) is 0.375. The molecule has 0 saturated heterocycles. The van der Waals surface area contributed by atoms with Gasteiger partial charge in [-0.05, 0) is 12.8 Å². The van der Waals surface area contributed by atoms with Gasteiger partial charge in [0.25, 0.3) is 0 Å². The average Bonchev–Trinajstić information content (AvgIpc) is 2.45. The van der Waals surface area contributed by atoms with Crippen LogP contribution in [0.2, 0.25) is 0 Å². The van der Waals surface area contributed by atoms with Crippen LogP contribution in [0.25, 0.3) is 0 Å². The summed E-state index contributed by atoms with van der Waals surface area (Å²) in [6, 6.07) is 12.5. The molecular weight excluding hydrogens is 380 g/mol. The van der Waals surface area contributed by atoms with E-state index >= 15 is 0 Å². The van der Waals surface area contributed by atoms with Crippen molar-refractivity contribution < 1.29 is 43.1 Å². The van der Waals surface area contributed by atoms with Crippen molar-refractivity contribution in [3.63, 3.8) is 0 Å². The third-order valence-electron chi connectivity index (χ3n) is 3.14. The standard InChI is InChI=1S/C16H22N2.2BrH/c1(5-11-17-13-7-3-8-14-17)2-6-12-18-15-9-4-10-16-18;;/h3-4,7-10,13-16H,1-2,5-6,11-12H2;2*1H/q+2;;/p-2. The SMILES string of the molecule is [Br-].[Br-].c1cc[n+](CCCCCC[n+]2ccccc2)cc1. The molecule has 0 saturated carbocycles. The summed E-state index contributed by atoms with van der Waals surface area (Å²) in [6.45, 7) is 2.28. The molecule has 0 aliphatic carbocycles. The van der Waals surface area contributed by atoms with Gasteiger partial charge in [0.05, 0.1) is 0 Å². The van der Waals surface area contributed by atoms with Crippen molar-refractivity contribution in [1.82, 2.24) is 0 Å². The normalized spacial score (nSPS) is 9.40. The van der Waals surface area contributed by atoms with Crippen LogP contribution in [0, 0.1) is 0 Å². The molecule has 4 heteroatoms. The first-order valence-corrected chi connectivity index (χ1v) is 6.83. The number of unbranched alkanes of at least 4 members (excludes halogenated alkanes) is 3. The fourth-order valence-electron chi connectivity index (χ4n) is 2.11. The van der Waals surface area contributed by atoms with E-state index in [4.69, 9.17) is 0 Å². The van der Waals surface area contributed by atoms with Gasteiger partial charge in [-0.1, -0.05) is 12.1 Å². The molecule has 0 unspecified atom stereocenters. The Balaban J connectivity index is 0.00000180. The van der Waals surface area contributed by atoms with Crippen LogP contribution in [-0.4, -0.2) is 0 Å². The van der Waals surface area contributed by atoms with Gasteiger partial charge < -0.3 is 34.0 Å². The highest BCUT2D eigenvalue weighted by atomic mass is 79.9. The molecule has 2 aromatic heterocycles. The number of aryl methyl sites for hydroxylation is 2. The minimum absolute atomic E-state index is 0. The highest BCUT2D eigenvalue weighted by Gasteiger charge is 2.00. The van der Waals surface area contributed by atoms with E-state index < -0.39 is 0 Å². The number of halogens is 2. The van der Waals surface area contributed by atoms with E-state index in [1.54, 1.807) is 0 Å². The lowest BCUT2D eigenvalue weighted by Gasteiger charge is -1.98. The molecule has 2 heterocycles. The molecule has 0 atom stereocenters. The van der Waals surface area contributed by atoms with E-state index in [0.717, 1.165) is 13.1 Å². The Kier molecular flexibility index (Phi) is 11.6. The number of hydrogen-bond donors (Lipinski definition) is 0. The van der Waals surface area contributed by atoms with Gasteiger partial charge in [-0.3, -0.25) is 0 Å². The first-order valence-electron chi connectivity index (χ1n) is 6.83. The second kappa shape index (κ2) is 12.0. The monoisotopic (exact) mass is 400 g/mol. The van der Waals surface area contributed by atoms with Crippen LogP contribution in [0.5, 0.6) is 0 Å². The summed E-state index contributed by atoms with van der Waals surface area (Å²) >= 11 is 0. The fourth-order valence-corrected chi connectivity index (χ4v) is 2.11. The van der Waals surface area contributed by atoms with E-state index in [1.165, 1.54) is 25.7 Å². The van der Waals surface area contributed by atoms with Crippen LogP contribution in [0.3, 0.4) is 0 Å². The van der Waals surface area contributed by atoms with Gasteiger partial charge in [-0.2, -0.15) is 0 Å². The van der Waals surface area contributed by atoms with Crippen LogP contribution in [0.1, 0.15) is 25.7 Å². The van der Waals surface area contributed by atoms with E-state index in [2.05, 4.69) is 70.3 Å². The molecule has 0 fully saturated rings. The zero-order valence-electron chi connectivity index (χ0n) is 11.7. The third kappa shape index (κ3) is 7.75. The number of aromatic nitrogens is 2. The van der Waals surface area contributed by atoms with Crippen LogP contribution < -0.4 is 43.1 Å². The van der Waals surface area contributed by atoms with Gasteiger partial charge in [0.15, 0.2) is 24.8 Å². The van der Waals surface area contributed by atoms with Crippen molar-refractivity contribution in [3.8, 4) is 0 Å². The summed E-state index contributed by atoms with van der Waals surface area (Å²) in [7, 11) is 0. The van der Waals surface area contributed by atoms with Crippen LogP contribution in [0.15, 0.2) is 61.2 Å². The van der Waals surface area contributed by atoms with Crippen LogP contribution in [0.4, 0.5) is 0 Å². The second-order valence-electron chi connectivity index (χ2n) is 4.64. The molecule has 2 nitrogen and oxygen atoms in total. The van der Waals surface area contributed by atoms with Crippen LogP contribution >= 0.6 is 0 Å². The second-order valence-corrected chi connectivity index (χ2v) is 4.64. The Labute approximate surface area is 143 Å². The Hall–Kier alpha value is -0.740. The predicted molar refractivity (Wildman–Crippen MR) is 71.7 cm³/mol. The molecule has 2 rings (SSSR count). The molecule has 0 spiro atoms. The molecule has 20 heavy (non-hydrogen) atoms. The maximum atomic E-state index is 2.26. The smallest absolute Gasteiger partial charge is 0.168 e. The number of rotatable bonds is 7. The van der Waals surface area contributed by atoms with Gasteiger partial charge in [0.1, 0.15) is 13.1 Å². The van der Waals surface area contributed by atoms with Gasteiger partial charge in [0.2, 0.25) is 0 Å². The summed E-state index contributed by atoms with van der Waals surface area (Å²) in [5.74, 6) is 0. The van der Waals surface area contributed by atoms with Gasteiger partial charge in [-0.15, -0.1) is 0 Å². The molecule has 0 bridgehead atoms.